The fourth-order valence-electron chi connectivity index (χ4n) is 2.71. The number of aromatic nitrogens is 4. The van der Waals surface area contributed by atoms with Crippen LogP contribution in [0.15, 0.2) is 48.9 Å². The molecule has 0 unspecified atom stereocenters. The largest absolute Gasteiger partial charge is 0.365 e. The van der Waals surface area contributed by atoms with E-state index in [-0.39, 0.29) is 11.6 Å². The molecule has 9 nitrogen and oxygen atoms in total. The fraction of sp³-hybridized carbons (Fsp3) is 0.250. The molecule has 1 amide bonds. The zero-order valence-corrected chi connectivity index (χ0v) is 16.3. The summed E-state index contributed by atoms with van der Waals surface area (Å²) in [7, 11) is 0. The monoisotopic (exact) mass is 392 g/mol. The molecule has 6 N–H and O–H groups in total. The lowest BCUT2D eigenvalue weighted by molar-refractivity contribution is 0.100. The average Bonchev–Trinajstić information content (AvgIpc) is 2.72. The summed E-state index contributed by atoms with van der Waals surface area (Å²) in [4.78, 5) is 29.0. The van der Waals surface area contributed by atoms with Crippen molar-refractivity contribution in [3.05, 3.63) is 54.5 Å². The van der Waals surface area contributed by atoms with Crippen molar-refractivity contribution in [1.29, 1.82) is 0 Å². The second kappa shape index (κ2) is 9.07. The van der Waals surface area contributed by atoms with Crippen LogP contribution in [0.25, 0.3) is 11.4 Å². The van der Waals surface area contributed by atoms with Crippen molar-refractivity contribution in [1.82, 2.24) is 19.9 Å². The Morgan fingerprint density at radius 1 is 1.14 bits per heavy atom. The summed E-state index contributed by atoms with van der Waals surface area (Å²) in [6, 6.07) is 9.24. The van der Waals surface area contributed by atoms with Crippen molar-refractivity contribution < 1.29 is 4.79 Å². The van der Waals surface area contributed by atoms with E-state index >= 15 is 0 Å². The van der Waals surface area contributed by atoms with Gasteiger partial charge in [-0.05, 0) is 24.1 Å². The first-order chi connectivity index (χ1) is 14.0. The second-order valence-electron chi connectivity index (χ2n) is 6.83. The van der Waals surface area contributed by atoms with Crippen LogP contribution in [0.4, 0.5) is 17.5 Å². The molecule has 0 saturated carbocycles. The number of anilines is 3. The predicted octanol–water partition coefficient (Wildman–Crippen LogP) is 2.17. The maximum atomic E-state index is 11.8. The van der Waals surface area contributed by atoms with Gasteiger partial charge < -0.3 is 22.1 Å². The third-order valence-corrected chi connectivity index (χ3v) is 4.38. The minimum Gasteiger partial charge on any atom is -0.365 e. The van der Waals surface area contributed by atoms with Gasteiger partial charge in [-0.2, -0.15) is 4.98 Å². The molecular formula is C20H24N8O. The molecule has 0 radical (unpaired) electrons. The maximum Gasteiger partial charge on any atom is 0.254 e. The Morgan fingerprint density at radius 3 is 2.55 bits per heavy atom. The van der Waals surface area contributed by atoms with Crippen LogP contribution in [-0.2, 0) is 0 Å². The number of benzene rings is 1. The van der Waals surface area contributed by atoms with E-state index in [4.69, 9.17) is 11.5 Å². The highest BCUT2D eigenvalue weighted by Gasteiger charge is 2.16. The lowest BCUT2D eigenvalue weighted by Gasteiger charge is -2.21. The number of carbonyl (C=O) groups is 1. The number of nitrogens with zero attached hydrogens (tertiary/aromatic N) is 4. The summed E-state index contributed by atoms with van der Waals surface area (Å²) < 4.78 is 0. The van der Waals surface area contributed by atoms with Crippen molar-refractivity contribution in [2.45, 2.75) is 19.9 Å². The molecule has 9 heteroatoms. The molecule has 2 aromatic heterocycles. The Kier molecular flexibility index (Phi) is 6.30. The van der Waals surface area contributed by atoms with Crippen molar-refractivity contribution in [3.63, 3.8) is 0 Å². The van der Waals surface area contributed by atoms with Crippen molar-refractivity contribution in [2.24, 2.45) is 17.4 Å². The summed E-state index contributed by atoms with van der Waals surface area (Å²) in [5.41, 5.74) is 13.0. The van der Waals surface area contributed by atoms with E-state index in [0.717, 1.165) is 5.56 Å². The van der Waals surface area contributed by atoms with Gasteiger partial charge in [0.1, 0.15) is 11.4 Å². The number of hydrogen-bond donors (Lipinski definition) is 4. The molecule has 1 atom stereocenters. The van der Waals surface area contributed by atoms with Gasteiger partial charge in [-0.25, -0.2) is 15.0 Å². The number of nitrogens with one attached hydrogen (secondary N) is 2. The van der Waals surface area contributed by atoms with E-state index < -0.39 is 5.91 Å². The highest BCUT2D eigenvalue weighted by molar-refractivity contribution is 5.98. The first-order valence-electron chi connectivity index (χ1n) is 9.26. The lowest BCUT2D eigenvalue weighted by atomic mass is 10.1. The van der Waals surface area contributed by atoms with Gasteiger partial charge in [0.15, 0.2) is 5.82 Å². The highest BCUT2D eigenvalue weighted by Crippen LogP contribution is 2.24. The fourth-order valence-corrected chi connectivity index (χ4v) is 2.71. The smallest absolute Gasteiger partial charge is 0.254 e. The number of primary amides is 1. The number of rotatable bonds is 8. The second-order valence-corrected chi connectivity index (χ2v) is 6.83. The van der Waals surface area contributed by atoms with Gasteiger partial charge in [0.25, 0.3) is 5.91 Å². The minimum atomic E-state index is -0.624. The molecule has 0 aliphatic rings. The standard InChI is InChI=1S/C20H24N8O/c1-12(2)16(10-21)27-20-25-11-15(17(22)29)19(28-20)26-14-6-3-5-13(9-14)18-23-7-4-8-24-18/h3-9,11-12,16H,10,21H2,1-2H3,(H2,22,29)(H2,25,26,27,28)/t16-/m0/s1. The number of carbonyl (C=O) groups excluding carboxylic acids is 1. The van der Waals surface area contributed by atoms with Gasteiger partial charge in [-0.1, -0.05) is 26.0 Å². The van der Waals surface area contributed by atoms with Gasteiger partial charge in [0.05, 0.1) is 0 Å². The molecule has 0 bridgehead atoms. The number of amides is 1. The highest BCUT2D eigenvalue weighted by atomic mass is 16.1. The Bertz CT molecular complexity index is 977. The number of hydrogen-bond acceptors (Lipinski definition) is 8. The van der Waals surface area contributed by atoms with Crippen LogP contribution in [0, 0.1) is 5.92 Å². The summed E-state index contributed by atoms with van der Waals surface area (Å²) in [5, 5.41) is 6.34. The van der Waals surface area contributed by atoms with Crippen LogP contribution in [0.1, 0.15) is 24.2 Å². The van der Waals surface area contributed by atoms with Crippen molar-refractivity contribution in [3.8, 4) is 11.4 Å². The molecule has 150 valence electrons. The van der Waals surface area contributed by atoms with Gasteiger partial charge in [-0.15, -0.1) is 0 Å². The quantitative estimate of drug-likeness (QED) is 0.456. The van der Waals surface area contributed by atoms with Gasteiger partial charge in [0, 0.05) is 42.4 Å². The van der Waals surface area contributed by atoms with Gasteiger partial charge in [-0.3, -0.25) is 4.79 Å². The Balaban J connectivity index is 1.91. The van der Waals surface area contributed by atoms with Crippen molar-refractivity contribution >= 4 is 23.4 Å². The van der Waals surface area contributed by atoms with Gasteiger partial charge >= 0.3 is 0 Å². The van der Waals surface area contributed by atoms with E-state index in [1.807, 2.05) is 24.3 Å². The molecule has 0 spiro atoms. The molecule has 0 fully saturated rings. The molecule has 0 aliphatic carbocycles. The SMILES string of the molecule is CC(C)[C@H](CN)Nc1ncc(C(N)=O)c(Nc2cccc(-c3ncccn3)c2)n1. The van der Waals surface area contributed by atoms with Crippen LogP contribution in [-0.4, -0.2) is 38.4 Å². The topological polar surface area (TPSA) is 145 Å². The summed E-state index contributed by atoms with van der Waals surface area (Å²) >= 11 is 0. The van der Waals surface area contributed by atoms with E-state index in [0.29, 0.717) is 35.7 Å². The molecular weight excluding hydrogens is 368 g/mol. The van der Waals surface area contributed by atoms with Gasteiger partial charge in [0.2, 0.25) is 5.95 Å². The van der Waals surface area contributed by atoms with Crippen LogP contribution in [0.5, 0.6) is 0 Å². The zero-order chi connectivity index (χ0) is 20.8. The normalized spacial score (nSPS) is 11.9. The van der Waals surface area contributed by atoms with Crippen LogP contribution >= 0.6 is 0 Å². The molecule has 3 rings (SSSR count). The van der Waals surface area contributed by atoms with E-state index in [2.05, 4.69) is 44.4 Å². The summed E-state index contributed by atoms with van der Waals surface area (Å²) in [6.45, 7) is 4.54. The average molecular weight is 392 g/mol. The minimum absolute atomic E-state index is 0.000773. The molecule has 3 aromatic rings. The van der Waals surface area contributed by atoms with E-state index in [9.17, 15) is 4.79 Å². The molecule has 2 heterocycles. The van der Waals surface area contributed by atoms with Crippen molar-refractivity contribution in [2.75, 3.05) is 17.2 Å². The first kappa shape index (κ1) is 20.2. The van der Waals surface area contributed by atoms with Crippen LogP contribution < -0.4 is 22.1 Å². The molecule has 1 aromatic carbocycles. The van der Waals surface area contributed by atoms with E-state index in [1.54, 1.807) is 18.5 Å². The maximum absolute atomic E-state index is 11.8. The summed E-state index contributed by atoms with van der Waals surface area (Å²) in [6.07, 6.45) is 4.76. The van der Waals surface area contributed by atoms with Crippen LogP contribution in [0.2, 0.25) is 0 Å². The molecule has 29 heavy (non-hydrogen) atoms. The third-order valence-electron chi connectivity index (χ3n) is 4.38. The zero-order valence-electron chi connectivity index (χ0n) is 16.3. The Labute approximate surface area is 169 Å². The Hall–Kier alpha value is -3.59. The lowest BCUT2D eigenvalue weighted by Crippen LogP contribution is -2.34. The Morgan fingerprint density at radius 2 is 1.90 bits per heavy atom. The molecule has 0 saturated heterocycles. The predicted molar refractivity (Wildman–Crippen MR) is 113 cm³/mol. The third kappa shape index (κ3) is 5.02. The summed E-state index contributed by atoms with van der Waals surface area (Å²) in [5.74, 6) is 0.933. The van der Waals surface area contributed by atoms with Crippen LogP contribution in [0.3, 0.4) is 0 Å². The number of nitrogens with two attached hydrogens (primary N) is 2. The first-order valence-corrected chi connectivity index (χ1v) is 9.26. The van der Waals surface area contributed by atoms with E-state index in [1.165, 1.54) is 6.20 Å². The molecule has 0 aliphatic heterocycles.